The number of nitrogens with one attached hydrogen (secondary N) is 1. The summed E-state index contributed by atoms with van der Waals surface area (Å²) in [5.41, 5.74) is -0.343. The second-order valence-corrected chi connectivity index (χ2v) is 5.91. The maximum absolute atomic E-state index is 13.6. The van der Waals surface area contributed by atoms with Crippen LogP contribution in [0.1, 0.15) is 1.43 Å². The Morgan fingerprint density at radius 2 is 1.48 bits per heavy atom. The van der Waals surface area contributed by atoms with Crippen molar-refractivity contribution in [3.63, 3.8) is 0 Å². The molecular weight excluding hydrogens is 403 g/mol. The number of hydrogen-bond donors (Lipinski definition) is 1. The average molecular weight is 411 g/mol. The fourth-order valence-electron chi connectivity index (χ4n) is 1.74. The predicted octanol–water partition coefficient (Wildman–Crippen LogP) is 0.605. The Labute approximate surface area is 182 Å². The fraction of sp³-hybridized carbons (Fsp3) is 0.0769. The van der Waals surface area contributed by atoms with E-state index in [9.17, 15) is 34.8 Å². The molecule has 0 saturated carbocycles. The molecule has 1 N–H and O–H groups in total. The quantitative estimate of drug-likeness (QED) is 0.340. The van der Waals surface area contributed by atoms with Gasteiger partial charge in [-0.15, -0.1) is 0 Å². The molecule has 2 aromatic rings. The summed E-state index contributed by atoms with van der Waals surface area (Å²) >= 11 is 0. The maximum atomic E-state index is 13.6. The van der Waals surface area contributed by atoms with Crippen LogP contribution in [-0.2, 0) is 10.0 Å². The molecule has 0 heterocycles. The predicted molar refractivity (Wildman–Crippen MR) is 71.2 cm³/mol. The van der Waals surface area contributed by atoms with Gasteiger partial charge in [-0.2, -0.15) is 0 Å². The zero-order valence-electron chi connectivity index (χ0n) is 13.4. The van der Waals surface area contributed by atoms with Crippen LogP contribution in [0.25, 0.3) is 0 Å². The first-order valence-corrected chi connectivity index (χ1v) is 7.50. The van der Waals surface area contributed by atoms with E-state index in [1.165, 1.54) is 12.1 Å². The molecule has 25 heavy (non-hydrogen) atoms. The number of anilines is 1. The zero-order valence-corrected chi connectivity index (χ0v) is 16.4. The van der Waals surface area contributed by atoms with E-state index in [-0.39, 0.29) is 64.2 Å². The molecule has 0 amide bonds. The monoisotopic (exact) mass is 411 g/mol. The molecule has 0 aliphatic rings. The zero-order chi connectivity index (χ0) is 18.1. The van der Waals surface area contributed by atoms with Crippen molar-refractivity contribution in [2.75, 3.05) is 11.6 Å². The van der Waals surface area contributed by atoms with Crippen molar-refractivity contribution in [2.24, 2.45) is 0 Å². The number of halogens is 6. The van der Waals surface area contributed by atoms with Gasteiger partial charge in [0.1, 0.15) is 5.75 Å². The van der Waals surface area contributed by atoms with Gasteiger partial charge < -0.3 is 6.16 Å². The van der Waals surface area contributed by atoms with Gasteiger partial charge in [0, 0.05) is 6.07 Å². The van der Waals surface area contributed by atoms with Gasteiger partial charge >= 0.3 is 51.4 Å². The van der Waals surface area contributed by atoms with Crippen molar-refractivity contribution in [2.45, 2.75) is 4.90 Å². The molecule has 132 valence electrons. The molecule has 0 fully saturated rings. The Balaban J connectivity index is 0.00000312. The number of ether oxygens (including phenoxy) is 1. The smallest absolute Gasteiger partial charge is 1.00 e. The Kier molecular flexibility index (Phi) is 7.77. The summed E-state index contributed by atoms with van der Waals surface area (Å²) in [5, 5.41) is 0. The van der Waals surface area contributed by atoms with Gasteiger partial charge in [0.2, 0.25) is 12.7 Å². The Hall–Kier alpha value is -0.794. The van der Waals surface area contributed by atoms with Crippen LogP contribution in [0, 0.1) is 29.1 Å². The van der Waals surface area contributed by atoms with Crippen LogP contribution >= 0.6 is 0 Å². The van der Waals surface area contributed by atoms with Crippen molar-refractivity contribution in [3.05, 3.63) is 53.4 Å². The number of sulfonamides is 1. The third-order valence-corrected chi connectivity index (χ3v) is 4.15. The van der Waals surface area contributed by atoms with Crippen LogP contribution < -0.4 is 60.8 Å². The summed E-state index contributed by atoms with van der Waals surface area (Å²) in [4.78, 5) is -2.03. The molecule has 0 bridgehead atoms. The van der Waals surface area contributed by atoms with Crippen LogP contribution in [0.3, 0.4) is 0 Å². The molecule has 0 saturated heterocycles. The summed E-state index contributed by atoms with van der Waals surface area (Å²) in [7, 11) is -5.16. The summed E-state index contributed by atoms with van der Waals surface area (Å²) in [5.74, 6) is -12.4. The Bertz CT molecular complexity index is 871. The minimum absolute atomic E-state index is 0. The van der Waals surface area contributed by atoms with E-state index in [0.29, 0.717) is 0 Å². The first kappa shape index (κ1) is 22.2. The van der Waals surface area contributed by atoms with Gasteiger partial charge in [0.05, 0.1) is 5.69 Å². The van der Waals surface area contributed by atoms with Crippen molar-refractivity contribution < 1.29 is 92.3 Å². The molecule has 0 unspecified atom stereocenters. The molecule has 0 aliphatic heterocycles. The minimum atomic E-state index is -5.16. The average Bonchev–Trinajstić information content (AvgIpc) is 2.51. The fourth-order valence-corrected chi connectivity index (χ4v) is 2.93. The summed E-state index contributed by atoms with van der Waals surface area (Å²) in [6.45, 7) is -1.23. The molecular formula is C13H8F6KNO3S. The van der Waals surface area contributed by atoms with E-state index in [1.807, 2.05) is 0 Å². The molecule has 0 spiro atoms. The minimum Gasteiger partial charge on any atom is -1.00 e. The second kappa shape index (κ2) is 8.73. The van der Waals surface area contributed by atoms with Gasteiger partial charge in [-0.3, -0.25) is 4.72 Å². The summed E-state index contributed by atoms with van der Waals surface area (Å²) in [6.07, 6.45) is 0. The van der Waals surface area contributed by atoms with Crippen molar-refractivity contribution in [1.82, 2.24) is 0 Å². The van der Waals surface area contributed by atoms with Crippen LogP contribution in [0.2, 0.25) is 0 Å². The molecule has 0 atom stereocenters. The van der Waals surface area contributed by atoms with Gasteiger partial charge in [-0.05, 0) is 12.1 Å². The summed E-state index contributed by atoms with van der Waals surface area (Å²) < 4.78 is 108. The van der Waals surface area contributed by atoms with E-state index in [4.69, 9.17) is 0 Å². The van der Waals surface area contributed by atoms with Gasteiger partial charge in [0.15, 0.2) is 28.2 Å². The second-order valence-electron chi connectivity index (χ2n) is 4.29. The van der Waals surface area contributed by atoms with E-state index in [0.717, 1.165) is 12.1 Å². The molecule has 0 aromatic heterocycles. The van der Waals surface area contributed by atoms with E-state index < -0.39 is 50.9 Å². The topological polar surface area (TPSA) is 55.4 Å². The van der Waals surface area contributed by atoms with Gasteiger partial charge in [0.25, 0.3) is 10.0 Å². The summed E-state index contributed by atoms with van der Waals surface area (Å²) in [6, 6.07) is 4.50. The number of rotatable bonds is 5. The normalized spacial score (nSPS) is 11.0. The third kappa shape index (κ3) is 4.68. The SMILES string of the molecule is O=S(=O)(Nc1cccc(OCF)c1)c1c(F)c(F)c(F)c(F)c1F.[H-].[K+]. The van der Waals surface area contributed by atoms with Gasteiger partial charge in [-0.25, -0.2) is 34.8 Å². The van der Waals surface area contributed by atoms with Crippen LogP contribution in [0.15, 0.2) is 29.2 Å². The van der Waals surface area contributed by atoms with Gasteiger partial charge in [-0.1, -0.05) is 6.07 Å². The molecule has 0 radical (unpaired) electrons. The molecule has 0 aliphatic carbocycles. The third-order valence-electron chi connectivity index (χ3n) is 2.75. The van der Waals surface area contributed by atoms with Crippen LogP contribution in [0.4, 0.5) is 32.0 Å². The Morgan fingerprint density at radius 1 is 0.960 bits per heavy atom. The van der Waals surface area contributed by atoms with Crippen LogP contribution in [0.5, 0.6) is 5.75 Å². The van der Waals surface area contributed by atoms with E-state index in [2.05, 4.69) is 4.74 Å². The van der Waals surface area contributed by atoms with Crippen molar-refractivity contribution >= 4 is 15.7 Å². The molecule has 12 heteroatoms. The molecule has 2 aromatic carbocycles. The number of hydrogen-bond acceptors (Lipinski definition) is 3. The van der Waals surface area contributed by atoms with Crippen molar-refractivity contribution in [3.8, 4) is 5.75 Å². The standard InChI is InChI=1S/C13H7F6NO3S.K.H/c14-5-23-7-3-1-2-6(4-7)20-24(21,22)13-11(18)9(16)8(15)10(17)12(13)19;;/h1-4,20H,5H2;;/q;+1;-1. The van der Waals surface area contributed by atoms with Crippen LogP contribution in [-0.4, -0.2) is 15.3 Å². The van der Waals surface area contributed by atoms with E-state index in [1.54, 1.807) is 4.72 Å². The first-order chi connectivity index (χ1) is 11.2. The Morgan fingerprint density at radius 3 is 2.00 bits per heavy atom. The number of alkyl halides is 1. The maximum Gasteiger partial charge on any atom is 1.00 e. The molecule has 4 nitrogen and oxygen atoms in total. The first-order valence-electron chi connectivity index (χ1n) is 6.02. The number of benzene rings is 2. The molecule has 2 rings (SSSR count). The van der Waals surface area contributed by atoms with E-state index >= 15 is 0 Å². The van der Waals surface area contributed by atoms with Crippen molar-refractivity contribution in [1.29, 1.82) is 0 Å². The largest absolute Gasteiger partial charge is 1.00 e.